The van der Waals surface area contributed by atoms with Crippen LogP contribution in [0.1, 0.15) is 69.4 Å². The zero-order chi connectivity index (χ0) is 26.7. The number of carbonyl (C=O) groups is 2. The van der Waals surface area contributed by atoms with E-state index < -0.39 is 17.9 Å². The number of aryl methyl sites for hydroxylation is 2. The molecule has 1 fully saturated rings. The lowest BCUT2D eigenvalue weighted by molar-refractivity contribution is -0.141. The molecule has 1 aliphatic carbocycles. The second kappa shape index (κ2) is 9.13. The molecule has 2 aromatic carbocycles. The van der Waals surface area contributed by atoms with Gasteiger partial charge >= 0.3 is 5.97 Å². The fraction of sp³-hybridized carbons (Fsp3) is 0.300. The largest absolute Gasteiger partial charge is 0.481 e. The molecule has 8 heteroatoms. The number of thiophene rings is 1. The van der Waals surface area contributed by atoms with Crippen molar-refractivity contribution in [2.45, 2.75) is 46.6 Å². The summed E-state index contributed by atoms with van der Waals surface area (Å²) in [4.78, 5) is 30.9. The molecule has 6 rings (SSSR count). The molecule has 2 aromatic heterocycles. The van der Waals surface area contributed by atoms with Gasteiger partial charge in [0.15, 0.2) is 11.6 Å². The predicted octanol–water partition coefficient (Wildman–Crippen LogP) is 6.13. The Hall–Kier alpha value is -3.91. The topological polar surface area (TPSA) is 97.4 Å². The molecule has 0 radical (unpaired) electrons. The third-order valence-corrected chi connectivity index (χ3v) is 8.83. The lowest BCUT2D eigenvalue weighted by Crippen LogP contribution is -2.21. The minimum Gasteiger partial charge on any atom is -0.481 e. The number of nitrogens with zero attached hydrogens (tertiary/aromatic N) is 4. The summed E-state index contributed by atoms with van der Waals surface area (Å²) in [6, 6.07) is 15.3. The quantitative estimate of drug-likeness (QED) is 0.306. The number of hydrogen-bond acceptors (Lipinski definition) is 6. The first-order chi connectivity index (χ1) is 18.2. The highest BCUT2D eigenvalue weighted by Gasteiger charge is 2.36. The lowest BCUT2D eigenvalue weighted by Gasteiger charge is -2.16. The van der Waals surface area contributed by atoms with E-state index in [4.69, 9.17) is 4.99 Å². The van der Waals surface area contributed by atoms with E-state index >= 15 is 0 Å². The summed E-state index contributed by atoms with van der Waals surface area (Å²) in [6.07, 6.45) is 1.97. The molecular weight excluding hydrogens is 496 g/mol. The first kappa shape index (κ1) is 24.4. The number of aromatic nitrogens is 3. The molecule has 192 valence electrons. The van der Waals surface area contributed by atoms with E-state index in [9.17, 15) is 14.7 Å². The van der Waals surface area contributed by atoms with Gasteiger partial charge in [0.25, 0.3) is 0 Å². The number of carboxylic acids is 1. The number of Topliss-reactive ketones (excluding diaryl/α,β-unsaturated/α-hetero) is 1. The summed E-state index contributed by atoms with van der Waals surface area (Å²) in [6.45, 7) is 7.72. The smallest absolute Gasteiger partial charge is 0.308 e. The molecule has 7 nitrogen and oxygen atoms in total. The Labute approximate surface area is 224 Å². The highest BCUT2D eigenvalue weighted by Crippen LogP contribution is 2.41. The molecule has 2 atom stereocenters. The van der Waals surface area contributed by atoms with Crippen molar-refractivity contribution in [3.8, 4) is 16.1 Å². The van der Waals surface area contributed by atoms with Crippen molar-refractivity contribution in [2.24, 2.45) is 16.8 Å². The van der Waals surface area contributed by atoms with Crippen molar-refractivity contribution in [1.29, 1.82) is 0 Å². The highest BCUT2D eigenvalue weighted by atomic mass is 32.1. The predicted molar refractivity (Wildman–Crippen MR) is 148 cm³/mol. The number of carboxylic acid groups (broad SMARTS) is 1. The van der Waals surface area contributed by atoms with E-state index in [0.717, 1.165) is 56.9 Å². The monoisotopic (exact) mass is 524 g/mol. The van der Waals surface area contributed by atoms with E-state index in [1.807, 2.05) is 60.0 Å². The fourth-order valence-corrected chi connectivity index (χ4v) is 6.29. The van der Waals surface area contributed by atoms with E-state index in [1.54, 1.807) is 18.3 Å². The van der Waals surface area contributed by atoms with Gasteiger partial charge in [-0.1, -0.05) is 42.5 Å². The molecule has 0 spiro atoms. The van der Waals surface area contributed by atoms with Crippen molar-refractivity contribution in [2.75, 3.05) is 0 Å². The van der Waals surface area contributed by atoms with Gasteiger partial charge in [0.05, 0.1) is 11.6 Å². The van der Waals surface area contributed by atoms with Gasteiger partial charge in [0, 0.05) is 27.5 Å². The molecule has 0 saturated heterocycles. The van der Waals surface area contributed by atoms with Gasteiger partial charge in [-0.05, 0) is 63.3 Å². The molecule has 4 aromatic rings. The Morgan fingerprint density at radius 2 is 1.71 bits per heavy atom. The van der Waals surface area contributed by atoms with Crippen molar-refractivity contribution < 1.29 is 14.7 Å². The van der Waals surface area contributed by atoms with Crippen molar-refractivity contribution >= 4 is 28.8 Å². The van der Waals surface area contributed by atoms with Gasteiger partial charge in [-0.15, -0.1) is 21.5 Å². The van der Waals surface area contributed by atoms with Gasteiger partial charge < -0.3 is 5.11 Å². The summed E-state index contributed by atoms with van der Waals surface area (Å²) < 4.78 is 1.97. The second-order valence-corrected chi connectivity index (χ2v) is 11.5. The van der Waals surface area contributed by atoms with Gasteiger partial charge in [-0.2, -0.15) is 0 Å². The molecule has 1 aliphatic heterocycles. The van der Waals surface area contributed by atoms with Crippen LogP contribution in [0.15, 0.2) is 53.5 Å². The second-order valence-electron chi connectivity index (χ2n) is 10.3. The molecule has 1 unspecified atom stereocenters. The van der Waals surface area contributed by atoms with Crippen LogP contribution in [0.2, 0.25) is 0 Å². The van der Waals surface area contributed by atoms with Crippen LogP contribution < -0.4 is 0 Å². The zero-order valence-electron chi connectivity index (χ0n) is 21.7. The van der Waals surface area contributed by atoms with Crippen LogP contribution in [0.5, 0.6) is 0 Å². The number of benzene rings is 2. The fourth-order valence-electron chi connectivity index (χ4n) is 5.07. The minimum absolute atomic E-state index is 0.182. The van der Waals surface area contributed by atoms with Crippen LogP contribution >= 0.6 is 11.3 Å². The maximum absolute atomic E-state index is 12.6. The first-order valence-corrected chi connectivity index (χ1v) is 13.6. The van der Waals surface area contributed by atoms with Crippen LogP contribution in [0.4, 0.5) is 0 Å². The van der Waals surface area contributed by atoms with Crippen LogP contribution in [0.3, 0.4) is 0 Å². The molecule has 2 aliphatic rings. The third-order valence-electron chi connectivity index (χ3n) is 7.64. The number of aliphatic imine (C=N–C) groups is 1. The number of aliphatic carboxylic acids is 1. The van der Waals surface area contributed by atoms with E-state index in [2.05, 4.69) is 24.0 Å². The summed E-state index contributed by atoms with van der Waals surface area (Å²) in [7, 11) is 0. The number of fused-ring (bicyclic) bond motifs is 3. The average molecular weight is 525 g/mol. The molecule has 0 amide bonds. The number of rotatable bonds is 6. The Bertz CT molecular complexity index is 1630. The van der Waals surface area contributed by atoms with Gasteiger partial charge in [0.1, 0.15) is 16.9 Å². The molecular formula is C30H28N4O3S. The first-order valence-electron chi connectivity index (χ1n) is 12.8. The lowest BCUT2D eigenvalue weighted by atomic mass is 9.95. The summed E-state index contributed by atoms with van der Waals surface area (Å²) in [5.41, 5.74) is 6.53. The third kappa shape index (κ3) is 4.00. The average Bonchev–Trinajstić information content (AvgIpc) is 3.67. The van der Waals surface area contributed by atoms with E-state index in [-0.39, 0.29) is 11.7 Å². The zero-order valence-corrected chi connectivity index (χ0v) is 22.5. The van der Waals surface area contributed by atoms with Crippen molar-refractivity contribution in [1.82, 2.24) is 14.8 Å². The van der Waals surface area contributed by atoms with Crippen molar-refractivity contribution in [3.05, 3.63) is 87.3 Å². The Morgan fingerprint density at radius 1 is 1.00 bits per heavy atom. The summed E-state index contributed by atoms with van der Waals surface area (Å²) in [5.74, 6) is -0.0515. The normalized spacial score (nSPS) is 17.3. The Balaban J connectivity index is 1.46. The van der Waals surface area contributed by atoms with Crippen molar-refractivity contribution in [3.63, 3.8) is 0 Å². The number of hydrogen-bond donors (Lipinski definition) is 1. The summed E-state index contributed by atoms with van der Waals surface area (Å²) in [5, 5.41) is 19.5. The molecule has 38 heavy (non-hydrogen) atoms. The van der Waals surface area contributed by atoms with Gasteiger partial charge in [-0.3, -0.25) is 19.1 Å². The minimum atomic E-state index is -0.931. The van der Waals surface area contributed by atoms with Gasteiger partial charge in [-0.25, -0.2) is 0 Å². The van der Waals surface area contributed by atoms with Crippen LogP contribution in [-0.2, 0) is 4.79 Å². The Morgan fingerprint density at radius 3 is 2.39 bits per heavy atom. The van der Waals surface area contributed by atoms with E-state index in [0.29, 0.717) is 11.6 Å². The molecule has 1 N–H and O–H groups in total. The van der Waals surface area contributed by atoms with Gasteiger partial charge in [0.2, 0.25) is 0 Å². The van der Waals surface area contributed by atoms with E-state index in [1.165, 1.54) is 4.88 Å². The Kier molecular flexibility index (Phi) is 5.87. The van der Waals surface area contributed by atoms with Crippen LogP contribution in [-0.4, -0.2) is 37.3 Å². The highest BCUT2D eigenvalue weighted by molar-refractivity contribution is 7.15. The maximum atomic E-state index is 12.6. The maximum Gasteiger partial charge on any atom is 0.308 e. The molecule has 3 heterocycles. The SMILES string of the molecule is Cc1sc2c(c1C)C(c1ccc(-c3cccc(C(=O)C4CC4)c3)cc1)=N[C@@H](C(C)C(=O)O)c1nnc(C)n1-2. The number of ketones is 1. The summed E-state index contributed by atoms with van der Waals surface area (Å²) >= 11 is 1.65. The number of carbonyl (C=O) groups excluding carboxylic acids is 1. The standard InChI is InChI=1S/C30H28N4O3S/c1-15-17(3)38-29-24(15)26(31-25(16(2)30(36)37)28-33-32-18(4)34(28)29)20-10-8-19(9-11-20)22-6-5-7-23(14-22)27(35)21-12-13-21/h5-11,14,16,21,25H,12-13H2,1-4H3,(H,36,37)/t16?,25-/m0/s1. The van der Waals surface area contributed by atoms with Crippen LogP contribution in [0, 0.1) is 32.6 Å². The molecule has 1 saturated carbocycles. The molecule has 0 bridgehead atoms. The van der Waals surface area contributed by atoms with Crippen LogP contribution in [0.25, 0.3) is 16.1 Å².